The van der Waals surface area contributed by atoms with E-state index in [2.05, 4.69) is 19.9 Å². The predicted molar refractivity (Wildman–Crippen MR) is 63.9 cm³/mol. The summed E-state index contributed by atoms with van der Waals surface area (Å²) >= 11 is 0. The summed E-state index contributed by atoms with van der Waals surface area (Å²) in [7, 11) is 0. The highest BCUT2D eigenvalue weighted by molar-refractivity contribution is 5.93. The van der Waals surface area contributed by atoms with Crippen molar-refractivity contribution in [3.05, 3.63) is 29.2 Å². The van der Waals surface area contributed by atoms with Crippen molar-refractivity contribution in [2.75, 3.05) is 5.73 Å². The first-order chi connectivity index (χ1) is 8.49. The van der Waals surface area contributed by atoms with Crippen LogP contribution in [0.3, 0.4) is 0 Å². The normalized spacial score (nSPS) is 10.3. The molecular formula is C11H11N5O2. The van der Waals surface area contributed by atoms with Gasteiger partial charge in [0.2, 0.25) is 0 Å². The van der Waals surface area contributed by atoms with Gasteiger partial charge >= 0.3 is 5.97 Å². The molecule has 92 valence electrons. The Hall–Kier alpha value is -2.57. The number of nitrogen functional groups attached to an aromatic ring is 1. The lowest BCUT2D eigenvalue weighted by atomic mass is 10.2. The zero-order valence-corrected chi connectivity index (χ0v) is 9.88. The zero-order valence-electron chi connectivity index (χ0n) is 9.88. The molecule has 2 aromatic heterocycles. The molecule has 3 N–H and O–H groups in total. The summed E-state index contributed by atoms with van der Waals surface area (Å²) in [5.41, 5.74) is 6.71. The van der Waals surface area contributed by atoms with Gasteiger partial charge in [0, 0.05) is 12.4 Å². The third-order valence-corrected chi connectivity index (χ3v) is 2.31. The molecule has 0 unspecified atom stereocenters. The Morgan fingerprint density at radius 1 is 1.17 bits per heavy atom. The van der Waals surface area contributed by atoms with Gasteiger partial charge < -0.3 is 10.8 Å². The molecule has 0 atom stereocenters. The maximum absolute atomic E-state index is 10.9. The van der Waals surface area contributed by atoms with Gasteiger partial charge in [-0.1, -0.05) is 0 Å². The molecule has 2 rings (SSSR count). The van der Waals surface area contributed by atoms with Crippen molar-refractivity contribution >= 4 is 11.8 Å². The summed E-state index contributed by atoms with van der Waals surface area (Å²) in [5, 5.41) is 8.95. The van der Waals surface area contributed by atoms with Crippen LogP contribution in [0.15, 0.2) is 12.4 Å². The average Bonchev–Trinajstić information content (AvgIpc) is 2.28. The lowest BCUT2D eigenvalue weighted by Gasteiger charge is -2.06. The number of carboxylic acids is 1. The lowest BCUT2D eigenvalue weighted by Crippen LogP contribution is -2.11. The summed E-state index contributed by atoms with van der Waals surface area (Å²) in [5.74, 6) is -0.710. The first-order valence-electron chi connectivity index (χ1n) is 5.15. The molecule has 7 heteroatoms. The highest BCUT2D eigenvalue weighted by Gasteiger charge is 2.17. The summed E-state index contributed by atoms with van der Waals surface area (Å²) in [6.07, 6.45) is 3.25. The molecule has 0 bridgehead atoms. The Kier molecular flexibility index (Phi) is 2.88. The molecule has 0 aromatic carbocycles. The average molecular weight is 245 g/mol. The van der Waals surface area contributed by atoms with Gasteiger partial charge in [-0.25, -0.2) is 24.7 Å². The van der Waals surface area contributed by atoms with Crippen molar-refractivity contribution in [3.63, 3.8) is 0 Å². The van der Waals surface area contributed by atoms with Crippen molar-refractivity contribution in [3.8, 4) is 11.6 Å². The number of anilines is 1. The molecule has 0 saturated heterocycles. The number of nitrogens with zero attached hydrogens (tertiary/aromatic N) is 4. The second kappa shape index (κ2) is 4.36. The van der Waals surface area contributed by atoms with Crippen LogP contribution in [-0.4, -0.2) is 31.0 Å². The predicted octanol–water partition coefficient (Wildman–Crippen LogP) is 0.831. The number of aryl methyl sites for hydroxylation is 2. The van der Waals surface area contributed by atoms with Gasteiger partial charge in [0.1, 0.15) is 11.4 Å². The van der Waals surface area contributed by atoms with E-state index in [1.165, 1.54) is 0 Å². The van der Waals surface area contributed by atoms with Gasteiger partial charge in [0.15, 0.2) is 11.6 Å². The van der Waals surface area contributed by atoms with E-state index in [9.17, 15) is 4.79 Å². The van der Waals surface area contributed by atoms with E-state index in [-0.39, 0.29) is 22.9 Å². The minimum atomic E-state index is -1.15. The molecule has 7 nitrogen and oxygen atoms in total. The molecule has 0 fully saturated rings. The molecule has 0 aliphatic carbocycles. The minimum absolute atomic E-state index is 0.0887. The number of carbonyl (C=O) groups is 1. The van der Waals surface area contributed by atoms with Gasteiger partial charge in [-0.2, -0.15) is 0 Å². The highest BCUT2D eigenvalue weighted by atomic mass is 16.4. The quantitative estimate of drug-likeness (QED) is 0.805. The van der Waals surface area contributed by atoms with Crippen LogP contribution < -0.4 is 5.73 Å². The van der Waals surface area contributed by atoms with Gasteiger partial charge in [-0.3, -0.25) is 0 Å². The topological polar surface area (TPSA) is 115 Å². The molecule has 0 amide bonds. The summed E-state index contributed by atoms with van der Waals surface area (Å²) in [4.78, 5) is 27.1. The second-order valence-electron chi connectivity index (χ2n) is 3.78. The number of hydrogen-bond acceptors (Lipinski definition) is 6. The number of carboxylic acid groups (broad SMARTS) is 1. The van der Waals surface area contributed by atoms with E-state index < -0.39 is 5.97 Å². The highest BCUT2D eigenvalue weighted by Crippen LogP contribution is 2.17. The molecule has 0 spiro atoms. The first-order valence-corrected chi connectivity index (χ1v) is 5.15. The Morgan fingerprint density at radius 3 is 2.28 bits per heavy atom. The Labute approximate surface area is 103 Å². The van der Waals surface area contributed by atoms with Crippen molar-refractivity contribution in [1.29, 1.82) is 0 Å². The first kappa shape index (κ1) is 11.9. The zero-order chi connectivity index (χ0) is 13.3. The van der Waals surface area contributed by atoms with E-state index in [4.69, 9.17) is 10.8 Å². The monoisotopic (exact) mass is 245 g/mol. The van der Waals surface area contributed by atoms with Crippen LogP contribution in [0.4, 0.5) is 5.82 Å². The molecule has 0 aliphatic heterocycles. The van der Waals surface area contributed by atoms with Gasteiger partial charge in [-0.05, 0) is 19.4 Å². The number of rotatable bonds is 2. The van der Waals surface area contributed by atoms with Crippen LogP contribution >= 0.6 is 0 Å². The Balaban J connectivity index is 2.54. The van der Waals surface area contributed by atoms with E-state index in [1.807, 2.05) is 6.92 Å². The molecular weight excluding hydrogens is 234 g/mol. The van der Waals surface area contributed by atoms with Crippen LogP contribution in [0.2, 0.25) is 0 Å². The van der Waals surface area contributed by atoms with E-state index in [0.717, 1.165) is 5.56 Å². The van der Waals surface area contributed by atoms with Crippen LogP contribution in [0.1, 0.15) is 21.6 Å². The number of nitrogens with two attached hydrogens (primary N) is 1. The fourth-order valence-electron chi connectivity index (χ4n) is 1.47. The van der Waals surface area contributed by atoms with Gasteiger partial charge in [0.05, 0.1) is 5.69 Å². The maximum Gasteiger partial charge on any atom is 0.341 e. The molecule has 0 radical (unpaired) electrons. The smallest absolute Gasteiger partial charge is 0.341 e. The van der Waals surface area contributed by atoms with Gasteiger partial charge in [-0.15, -0.1) is 0 Å². The summed E-state index contributed by atoms with van der Waals surface area (Å²) < 4.78 is 0. The van der Waals surface area contributed by atoms with Crippen molar-refractivity contribution in [1.82, 2.24) is 19.9 Å². The minimum Gasteiger partial charge on any atom is -0.477 e. The van der Waals surface area contributed by atoms with Crippen LogP contribution in [0.25, 0.3) is 11.6 Å². The maximum atomic E-state index is 10.9. The van der Waals surface area contributed by atoms with Gasteiger partial charge in [0.25, 0.3) is 0 Å². The van der Waals surface area contributed by atoms with E-state index in [0.29, 0.717) is 5.82 Å². The summed E-state index contributed by atoms with van der Waals surface area (Å²) in [6, 6.07) is 0. The van der Waals surface area contributed by atoms with Crippen molar-refractivity contribution in [2.45, 2.75) is 13.8 Å². The molecule has 0 saturated carbocycles. The Morgan fingerprint density at radius 2 is 1.78 bits per heavy atom. The lowest BCUT2D eigenvalue weighted by molar-refractivity contribution is 0.0696. The molecule has 0 aliphatic rings. The largest absolute Gasteiger partial charge is 0.477 e. The van der Waals surface area contributed by atoms with Crippen molar-refractivity contribution in [2.24, 2.45) is 0 Å². The van der Waals surface area contributed by atoms with E-state index in [1.54, 1.807) is 19.3 Å². The number of hydrogen-bond donors (Lipinski definition) is 2. The second-order valence-corrected chi connectivity index (χ2v) is 3.78. The van der Waals surface area contributed by atoms with Crippen LogP contribution in [0, 0.1) is 13.8 Å². The fraction of sp³-hybridized carbons (Fsp3) is 0.182. The van der Waals surface area contributed by atoms with Crippen LogP contribution in [-0.2, 0) is 0 Å². The third-order valence-electron chi connectivity index (χ3n) is 2.31. The third kappa shape index (κ3) is 2.10. The van der Waals surface area contributed by atoms with Crippen molar-refractivity contribution < 1.29 is 9.90 Å². The Bertz CT molecular complexity index is 586. The molecule has 2 heterocycles. The summed E-state index contributed by atoms with van der Waals surface area (Å²) in [6.45, 7) is 3.41. The standard InChI is InChI=1S/C11H11N5O2/c1-5-3-13-9(14-4-5)10-15-6(2)7(11(17)18)8(12)16-10/h3-4H,1-2H3,(H,17,18)(H2,12,15,16). The van der Waals surface area contributed by atoms with E-state index >= 15 is 0 Å². The number of aromatic carboxylic acids is 1. The molecule has 18 heavy (non-hydrogen) atoms. The molecule has 2 aromatic rings. The number of aromatic nitrogens is 4. The van der Waals surface area contributed by atoms with Crippen LogP contribution in [0.5, 0.6) is 0 Å². The fourth-order valence-corrected chi connectivity index (χ4v) is 1.47. The SMILES string of the molecule is Cc1cnc(-c2nc(C)c(C(=O)O)c(N)n2)nc1.